The van der Waals surface area contributed by atoms with Crippen LogP contribution in [0.1, 0.15) is 38.5 Å². The number of carbonyl (C=O) groups excluding carboxylic acids is 1. The molecule has 1 atom stereocenters. The molecule has 2 amide bonds. The SMILES string of the molecule is CSCCCCCNC(=O)N1CCCC(CC(=O)O)C1. The van der Waals surface area contributed by atoms with Crippen LogP contribution in [0.15, 0.2) is 0 Å². The van der Waals surface area contributed by atoms with E-state index < -0.39 is 5.97 Å². The van der Waals surface area contributed by atoms with Crippen LogP contribution >= 0.6 is 11.8 Å². The first-order chi connectivity index (χ1) is 9.63. The summed E-state index contributed by atoms with van der Waals surface area (Å²) in [5.41, 5.74) is 0. The topological polar surface area (TPSA) is 69.6 Å². The second-order valence-corrected chi connectivity index (χ2v) is 6.32. The van der Waals surface area contributed by atoms with E-state index in [1.807, 2.05) is 11.8 Å². The number of amides is 2. The number of urea groups is 1. The number of carboxylic acids is 1. The molecule has 1 fully saturated rings. The molecule has 0 bridgehead atoms. The van der Waals surface area contributed by atoms with Crippen LogP contribution in [0.4, 0.5) is 4.79 Å². The van der Waals surface area contributed by atoms with Gasteiger partial charge in [0.1, 0.15) is 0 Å². The molecule has 2 N–H and O–H groups in total. The van der Waals surface area contributed by atoms with Crippen LogP contribution in [0.25, 0.3) is 0 Å². The molecule has 5 nitrogen and oxygen atoms in total. The first-order valence-corrected chi connectivity index (χ1v) is 8.76. The fraction of sp³-hybridized carbons (Fsp3) is 0.857. The zero-order chi connectivity index (χ0) is 14.8. The highest BCUT2D eigenvalue weighted by molar-refractivity contribution is 7.98. The lowest BCUT2D eigenvalue weighted by molar-refractivity contribution is -0.138. The molecule has 1 heterocycles. The number of likely N-dealkylation sites (tertiary alicyclic amines) is 1. The predicted octanol–water partition coefficient (Wildman–Crippen LogP) is 2.42. The van der Waals surface area contributed by atoms with Crippen molar-refractivity contribution in [2.24, 2.45) is 5.92 Å². The summed E-state index contributed by atoms with van der Waals surface area (Å²) in [7, 11) is 0. The number of hydrogen-bond acceptors (Lipinski definition) is 3. The Bertz CT molecular complexity index is 313. The summed E-state index contributed by atoms with van der Waals surface area (Å²) >= 11 is 1.85. The van der Waals surface area contributed by atoms with Gasteiger partial charge in [0, 0.05) is 26.1 Å². The van der Waals surface area contributed by atoms with E-state index in [-0.39, 0.29) is 18.4 Å². The number of nitrogens with one attached hydrogen (secondary N) is 1. The van der Waals surface area contributed by atoms with E-state index >= 15 is 0 Å². The number of unbranched alkanes of at least 4 members (excludes halogenated alkanes) is 2. The lowest BCUT2D eigenvalue weighted by Crippen LogP contribution is -2.46. The molecule has 20 heavy (non-hydrogen) atoms. The summed E-state index contributed by atoms with van der Waals surface area (Å²) in [6.07, 6.45) is 7.43. The summed E-state index contributed by atoms with van der Waals surface area (Å²) < 4.78 is 0. The predicted molar refractivity (Wildman–Crippen MR) is 82.2 cm³/mol. The van der Waals surface area contributed by atoms with Gasteiger partial charge in [-0.25, -0.2) is 4.79 Å². The summed E-state index contributed by atoms with van der Waals surface area (Å²) in [4.78, 5) is 24.5. The number of carboxylic acid groups (broad SMARTS) is 1. The third kappa shape index (κ3) is 7.03. The molecular formula is C14H26N2O3S. The zero-order valence-electron chi connectivity index (χ0n) is 12.3. The van der Waals surface area contributed by atoms with Gasteiger partial charge < -0.3 is 15.3 Å². The Hall–Kier alpha value is -0.910. The normalized spacial score (nSPS) is 18.9. The van der Waals surface area contributed by atoms with E-state index in [4.69, 9.17) is 5.11 Å². The molecule has 1 unspecified atom stereocenters. The molecule has 1 saturated heterocycles. The average molecular weight is 302 g/mol. The molecular weight excluding hydrogens is 276 g/mol. The van der Waals surface area contributed by atoms with Crippen molar-refractivity contribution in [3.05, 3.63) is 0 Å². The van der Waals surface area contributed by atoms with E-state index in [1.54, 1.807) is 4.90 Å². The van der Waals surface area contributed by atoms with Gasteiger partial charge in [0.2, 0.25) is 0 Å². The number of hydrogen-bond donors (Lipinski definition) is 2. The number of thioether (sulfide) groups is 1. The fourth-order valence-corrected chi connectivity index (χ4v) is 3.01. The molecule has 0 radical (unpaired) electrons. The van der Waals surface area contributed by atoms with E-state index in [0.717, 1.165) is 32.2 Å². The minimum Gasteiger partial charge on any atom is -0.481 e. The largest absolute Gasteiger partial charge is 0.481 e. The van der Waals surface area contributed by atoms with E-state index in [9.17, 15) is 9.59 Å². The van der Waals surface area contributed by atoms with Crippen molar-refractivity contribution in [2.75, 3.05) is 31.6 Å². The number of nitrogens with zero attached hydrogens (tertiary/aromatic N) is 1. The van der Waals surface area contributed by atoms with Crippen LogP contribution in [0.2, 0.25) is 0 Å². The smallest absolute Gasteiger partial charge is 0.317 e. The van der Waals surface area contributed by atoms with Crippen molar-refractivity contribution in [1.29, 1.82) is 0 Å². The van der Waals surface area contributed by atoms with Gasteiger partial charge in [-0.3, -0.25) is 4.79 Å². The van der Waals surface area contributed by atoms with Crippen LogP contribution in [-0.2, 0) is 4.79 Å². The minimum atomic E-state index is -0.772. The van der Waals surface area contributed by atoms with Gasteiger partial charge in [0.05, 0.1) is 0 Å². The van der Waals surface area contributed by atoms with Crippen LogP contribution in [0.5, 0.6) is 0 Å². The zero-order valence-corrected chi connectivity index (χ0v) is 13.1. The van der Waals surface area contributed by atoms with E-state index in [1.165, 1.54) is 12.2 Å². The van der Waals surface area contributed by atoms with E-state index in [2.05, 4.69) is 11.6 Å². The average Bonchev–Trinajstić information content (AvgIpc) is 2.42. The Morgan fingerprint density at radius 1 is 1.35 bits per heavy atom. The van der Waals surface area contributed by atoms with Crippen molar-refractivity contribution in [3.63, 3.8) is 0 Å². The molecule has 0 aliphatic carbocycles. The highest BCUT2D eigenvalue weighted by Gasteiger charge is 2.24. The van der Waals surface area contributed by atoms with Crippen molar-refractivity contribution in [1.82, 2.24) is 10.2 Å². The third-order valence-corrected chi connectivity index (χ3v) is 4.27. The quantitative estimate of drug-likeness (QED) is 0.676. The summed E-state index contributed by atoms with van der Waals surface area (Å²) in [6.45, 7) is 2.03. The maximum Gasteiger partial charge on any atom is 0.317 e. The van der Waals surface area contributed by atoms with Crippen molar-refractivity contribution >= 4 is 23.8 Å². The van der Waals surface area contributed by atoms with Gasteiger partial charge in [-0.1, -0.05) is 6.42 Å². The number of rotatable bonds is 8. The lowest BCUT2D eigenvalue weighted by atomic mass is 9.95. The lowest BCUT2D eigenvalue weighted by Gasteiger charge is -2.32. The number of carbonyl (C=O) groups is 2. The van der Waals surface area contributed by atoms with Crippen LogP contribution in [0.3, 0.4) is 0 Å². The number of aliphatic carboxylic acids is 1. The highest BCUT2D eigenvalue weighted by Crippen LogP contribution is 2.19. The van der Waals surface area contributed by atoms with Gasteiger partial charge in [0.25, 0.3) is 0 Å². The first-order valence-electron chi connectivity index (χ1n) is 7.37. The minimum absolute atomic E-state index is 0.0371. The van der Waals surface area contributed by atoms with Gasteiger partial charge in [-0.2, -0.15) is 11.8 Å². The molecule has 1 rings (SSSR count). The summed E-state index contributed by atoms with van der Waals surface area (Å²) in [6, 6.07) is -0.0371. The monoisotopic (exact) mass is 302 g/mol. The molecule has 1 aliphatic heterocycles. The Morgan fingerprint density at radius 3 is 2.85 bits per heavy atom. The Morgan fingerprint density at radius 2 is 2.15 bits per heavy atom. The molecule has 116 valence electrons. The van der Waals surface area contributed by atoms with Crippen LogP contribution < -0.4 is 5.32 Å². The highest BCUT2D eigenvalue weighted by atomic mass is 32.2. The maximum atomic E-state index is 12.0. The van der Waals surface area contributed by atoms with Gasteiger partial charge in [-0.05, 0) is 43.6 Å². The first kappa shape index (κ1) is 17.1. The molecule has 0 spiro atoms. The summed E-state index contributed by atoms with van der Waals surface area (Å²) in [5.74, 6) is 0.511. The van der Waals surface area contributed by atoms with Crippen molar-refractivity contribution in [2.45, 2.75) is 38.5 Å². The van der Waals surface area contributed by atoms with Gasteiger partial charge >= 0.3 is 12.0 Å². The molecule has 0 aromatic carbocycles. The Kier molecular flexibility index (Phi) is 8.49. The Labute approximate surface area is 125 Å². The molecule has 0 aromatic rings. The molecule has 1 aliphatic rings. The standard InChI is InChI=1S/C14H26N2O3S/c1-20-9-4-2-3-7-15-14(19)16-8-5-6-12(11-16)10-13(17)18/h12H,2-11H2,1H3,(H,15,19)(H,17,18). The van der Waals surface area contributed by atoms with Crippen LogP contribution in [0, 0.1) is 5.92 Å². The second-order valence-electron chi connectivity index (χ2n) is 5.34. The third-order valence-electron chi connectivity index (χ3n) is 3.57. The van der Waals surface area contributed by atoms with Gasteiger partial charge in [0.15, 0.2) is 0 Å². The Balaban J connectivity index is 2.17. The van der Waals surface area contributed by atoms with E-state index in [0.29, 0.717) is 13.1 Å². The number of piperidine rings is 1. The van der Waals surface area contributed by atoms with Crippen LogP contribution in [-0.4, -0.2) is 53.6 Å². The van der Waals surface area contributed by atoms with Gasteiger partial charge in [-0.15, -0.1) is 0 Å². The summed E-state index contributed by atoms with van der Waals surface area (Å²) in [5, 5.41) is 11.7. The second kappa shape index (κ2) is 9.91. The van der Waals surface area contributed by atoms with Crippen molar-refractivity contribution in [3.8, 4) is 0 Å². The van der Waals surface area contributed by atoms with Crippen molar-refractivity contribution < 1.29 is 14.7 Å². The fourth-order valence-electron chi connectivity index (χ4n) is 2.52. The molecule has 0 saturated carbocycles. The molecule has 0 aromatic heterocycles. The molecule has 6 heteroatoms. The maximum absolute atomic E-state index is 12.0.